The molecular formula is C24H28N3O2+. The number of para-hydroxylation sites is 2. The molecule has 150 valence electrons. The largest absolute Gasteiger partial charge is 0.506 e. The van der Waals surface area contributed by atoms with Crippen LogP contribution >= 0.6 is 0 Å². The zero-order valence-corrected chi connectivity index (χ0v) is 16.8. The van der Waals surface area contributed by atoms with Crippen LogP contribution in [-0.4, -0.2) is 43.7 Å². The van der Waals surface area contributed by atoms with Crippen LogP contribution in [-0.2, 0) is 4.79 Å². The predicted octanol–water partition coefficient (Wildman–Crippen LogP) is 2.13. The average Bonchev–Trinajstić information content (AvgIpc) is 2.74. The van der Waals surface area contributed by atoms with Crippen LogP contribution in [0.2, 0.25) is 0 Å². The number of hydrogen-bond acceptors (Lipinski definition) is 3. The highest BCUT2D eigenvalue weighted by atomic mass is 16.3. The topological polar surface area (TPSA) is 57.0 Å². The number of quaternary nitrogens is 1. The van der Waals surface area contributed by atoms with Crippen LogP contribution in [0.1, 0.15) is 18.5 Å². The third-order valence-electron chi connectivity index (χ3n) is 5.77. The van der Waals surface area contributed by atoms with Crippen molar-refractivity contribution < 1.29 is 14.8 Å². The first-order valence-electron chi connectivity index (χ1n) is 10.3. The zero-order chi connectivity index (χ0) is 20.2. The molecule has 1 saturated heterocycles. The summed E-state index contributed by atoms with van der Waals surface area (Å²) in [7, 11) is 0. The molecule has 0 radical (unpaired) electrons. The first-order valence-corrected chi connectivity index (χ1v) is 10.3. The summed E-state index contributed by atoms with van der Waals surface area (Å²) in [6, 6.07) is 21.9. The van der Waals surface area contributed by atoms with Crippen molar-refractivity contribution in [1.29, 1.82) is 0 Å². The van der Waals surface area contributed by atoms with Gasteiger partial charge in [0, 0.05) is 0 Å². The van der Waals surface area contributed by atoms with Crippen LogP contribution in [0.5, 0.6) is 5.75 Å². The van der Waals surface area contributed by atoms with E-state index in [0.29, 0.717) is 12.3 Å². The molecule has 1 aliphatic heterocycles. The van der Waals surface area contributed by atoms with Gasteiger partial charge in [0.2, 0.25) is 0 Å². The van der Waals surface area contributed by atoms with Gasteiger partial charge in [0.25, 0.3) is 5.91 Å². The predicted molar refractivity (Wildman–Crippen MR) is 116 cm³/mol. The van der Waals surface area contributed by atoms with E-state index >= 15 is 0 Å². The van der Waals surface area contributed by atoms with Crippen molar-refractivity contribution in [2.45, 2.75) is 13.0 Å². The molecule has 3 aromatic carbocycles. The van der Waals surface area contributed by atoms with Crippen LogP contribution in [0.15, 0.2) is 66.7 Å². The van der Waals surface area contributed by atoms with Crippen LogP contribution in [0, 0.1) is 0 Å². The van der Waals surface area contributed by atoms with E-state index in [1.165, 1.54) is 15.7 Å². The van der Waals surface area contributed by atoms with Gasteiger partial charge in [-0.05, 0) is 35.4 Å². The quantitative estimate of drug-likeness (QED) is 0.626. The number of benzene rings is 3. The number of rotatable bonds is 5. The van der Waals surface area contributed by atoms with Gasteiger partial charge >= 0.3 is 0 Å². The molecule has 1 aliphatic rings. The Kier molecular flexibility index (Phi) is 5.67. The number of phenolic OH excluding ortho intramolecular Hbond substituents is 1. The van der Waals surface area contributed by atoms with Crippen molar-refractivity contribution in [1.82, 2.24) is 5.32 Å². The molecule has 0 spiro atoms. The van der Waals surface area contributed by atoms with Gasteiger partial charge in [-0.15, -0.1) is 0 Å². The van der Waals surface area contributed by atoms with Gasteiger partial charge in [-0.2, -0.15) is 0 Å². The number of aromatic hydroxyl groups is 1. The molecular weight excluding hydrogens is 362 g/mol. The normalized spacial score (nSPS) is 16.0. The Morgan fingerprint density at radius 1 is 1.03 bits per heavy atom. The summed E-state index contributed by atoms with van der Waals surface area (Å²) in [5.41, 5.74) is 2.02. The maximum Gasteiger partial charge on any atom is 0.275 e. The first kappa shape index (κ1) is 19.3. The smallest absolute Gasteiger partial charge is 0.275 e. The number of fused-ring (bicyclic) bond motifs is 1. The fourth-order valence-electron chi connectivity index (χ4n) is 4.20. The second-order valence-corrected chi connectivity index (χ2v) is 7.76. The van der Waals surface area contributed by atoms with Gasteiger partial charge in [-0.1, -0.05) is 54.6 Å². The summed E-state index contributed by atoms with van der Waals surface area (Å²) in [6.45, 7) is 5.95. The van der Waals surface area contributed by atoms with E-state index in [9.17, 15) is 9.90 Å². The Bertz CT molecular complexity index is 991. The molecule has 1 amide bonds. The minimum absolute atomic E-state index is 0.0319. The zero-order valence-electron chi connectivity index (χ0n) is 16.8. The number of piperazine rings is 1. The fourth-order valence-corrected chi connectivity index (χ4v) is 4.20. The van der Waals surface area contributed by atoms with Gasteiger partial charge in [0.05, 0.1) is 37.9 Å². The SMILES string of the molecule is C[C@H](NC(=O)C[NH+]1CCN(c2ccccc2O)CC1)c1cccc2ccccc12. The summed E-state index contributed by atoms with van der Waals surface area (Å²) < 4.78 is 0. The molecule has 3 aromatic rings. The van der Waals surface area contributed by atoms with E-state index in [2.05, 4.69) is 34.5 Å². The number of anilines is 1. The summed E-state index contributed by atoms with van der Waals surface area (Å²) in [5, 5.41) is 15.6. The number of nitrogens with zero attached hydrogens (tertiary/aromatic N) is 1. The molecule has 5 nitrogen and oxygen atoms in total. The lowest BCUT2D eigenvalue weighted by Gasteiger charge is -2.33. The Balaban J connectivity index is 1.33. The number of nitrogens with one attached hydrogen (secondary N) is 2. The lowest BCUT2D eigenvalue weighted by Crippen LogP contribution is -3.15. The second kappa shape index (κ2) is 8.53. The molecule has 1 heterocycles. The highest BCUT2D eigenvalue weighted by Gasteiger charge is 2.24. The van der Waals surface area contributed by atoms with Crippen molar-refractivity contribution in [3.05, 3.63) is 72.3 Å². The van der Waals surface area contributed by atoms with Crippen LogP contribution < -0.4 is 15.1 Å². The maximum atomic E-state index is 12.7. The molecule has 1 atom stereocenters. The van der Waals surface area contributed by atoms with E-state index < -0.39 is 0 Å². The molecule has 0 unspecified atom stereocenters. The third kappa shape index (κ3) is 4.35. The van der Waals surface area contributed by atoms with Gasteiger partial charge < -0.3 is 20.2 Å². The number of amides is 1. The van der Waals surface area contributed by atoms with Crippen molar-refractivity contribution in [2.75, 3.05) is 37.6 Å². The van der Waals surface area contributed by atoms with Crippen LogP contribution in [0.4, 0.5) is 5.69 Å². The minimum Gasteiger partial charge on any atom is -0.506 e. The van der Waals surface area contributed by atoms with Crippen molar-refractivity contribution in [2.24, 2.45) is 0 Å². The maximum absolute atomic E-state index is 12.7. The summed E-state index contributed by atoms with van der Waals surface area (Å²) in [4.78, 5) is 16.1. The highest BCUT2D eigenvalue weighted by Crippen LogP contribution is 2.26. The van der Waals surface area contributed by atoms with E-state index in [0.717, 1.165) is 37.4 Å². The molecule has 3 N–H and O–H groups in total. The molecule has 0 bridgehead atoms. The number of phenols is 1. The van der Waals surface area contributed by atoms with Gasteiger partial charge in [-0.3, -0.25) is 4.79 Å². The van der Waals surface area contributed by atoms with E-state index in [4.69, 9.17) is 0 Å². The first-order chi connectivity index (χ1) is 14.1. The highest BCUT2D eigenvalue weighted by molar-refractivity contribution is 5.87. The molecule has 5 heteroatoms. The van der Waals surface area contributed by atoms with E-state index in [1.807, 2.05) is 43.3 Å². The molecule has 1 fully saturated rings. The lowest BCUT2D eigenvalue weighted by atomic mass is 10.00. The fraction of sp³-hybridized carbons (Fsp3) is 0.292. The standard InChI is InChI=1S/C24H27N3O2/c1-18(20-10-6-8-19-7-2-3-9-21(19)20)25-24(29)17-26-13-15-27(16-14-26)22-11-4-5-12-23(22)28/h2-12,18,28H,13-17H2,1H3,(H,25,29)/p+1/t18-/m0/s1. The second-order valence-electron chi connectivity index (χ2n) is 7.76. The van der Waals surface area contributed by atoms with Crippen molar-refractivity contribution in [3.8, 4) is 5.75 Å². The summed E-state index contributed by atoms with van der Waals surface area (Å²) >= 11 is 0. The Labute approximate surface area is 171 Å². The molecule has 29 heavy (non-hydrogen) atoms. The van der Waals surface area contributed by atoms with Crippen molar-refractivity contribution in [3.63, 3.8) is 0 Å². The van der Waals surface area contributed by atoms with E-state index in [-0.39, 0.29) is 11.9 Å². The molecule has 0 saturated carbocycles. The number of hydrogen-bond donors (Lipinski definition) is 3. The van der Waals surface area contributed by atoms with Crippen LogP contribution in [0.3, 0.4) is 0 Å². The Morgan fingerprint density at radius 2 is 1.72 bits per heavy atom. The van der Waals surface area contributed by atoms with Gasteiger partial charge in [-0.25, -0.2) is 0 Å². The summed E-state index contributed by atoms with van der Waals surface area (Å²) in [5.74, 6) is 0.397. The lowest BCUT2D eigenvalue weighted by molar-refractivity contribution is -0.892. The van der Waals surface area contributed by atoms with E-state index in [1.54, 1.807) is 6.07 Å². The minimum atomic E-state index is -0.0319. The monoisotopic (exact) mass is 390 g/mol. The number of carbonyl (C=O) groups is 1. The summed E-state index contributed by atoms with van der Waals surface area (Å²) in [6.07, 6.45) is 0. The molecule has 0 aromatic heterocycles. The van der Waals surface area contributed by atoms with Gasteiger partial charge in [0.15, 0.2) is 6.54 Å². The Morgan fingerprint density at radius 3 is 2.52 bits per heavy atom. The van der Waals surface area contributed by atoms with Gasteiger partial charge in [0.1, 0.15) is 5.75 Å². The Hall–Kier alpha value is -3.05. The van der Waals surface area contributed by atoms with Crippen molar-refractivity contribution >= 4 is 22.4 Å². The third-order valence-corrected chi connectivity index (χ3v) is 5.77. The molecule has 0 aliphatic carbocycles. The molecule has 4 rings (SSSR count). The van der Waals surface area contributed by atoms with Crippen LogP contribution in [0.25, 0.3) is 10.8 Å². The number of carbonyl (C=O) groups excluding carboxylic acids is 1. The average molecular weight is 391 g/mol.